The Bertz CT molecular complexity index is 487. The van der Waals surface area contributed by atoms with Crippen molar-refractivity contribution in [1.82, 2.24) is 4.31 Å². The lowest BCUT2D eigenvalue weighted by Gasteiger charge is -2.20. The normalized spacial score (nSPS) is 11.7. The molecule has 6 nitrogen and oxygen atoms in total. The first-order valence-corrected chi connectivity index (χ1v) is 6.75. The predicted octanol–water partition coefficient (Wildman–Crippen LogP) is -0.191. The van der Waals surface area contributed by atoms with Crippen LogP contribution >= 0.6 is 0 Å². The Balaban J connectivity index is 2.99. The molecular weight excluding hydrogens is 256 g/mol. The summed E-state index contributed by atoms with van der Waals surface area (Å²) >= 11 is 0. The maximum Gasteiger partial charge on any atom is 0.243 e. The molecule has 1 aromatic rings. The average molecular weight is 272 g/mol. The number of nitrogens with two attached hydrogens (primary N) is 1. The highest BCUT2D eigenvalue weighted by molar-refractivity contribution is 7.89. The van der Waals surface area contributed by atoms with Gasteiger partial charge in [-0.05, 0) is 12.1 Å². The van der Waals surface area contributed by atoms with Gasteiger partial charge in [-0.15, -0.1) is 0 Å². The fraction of sp³-hybridized carbons (Fsp3) is 0.364. The SMILES string of the molecule is COCCN(CC(N)=O)S(=O)(=O)c1ccccc1. The van der Waals surface area contributed by atoms with Crippen molar-refractivity contribution >= 4 is 15.9 Å². The van der Waals surface area contributed by atoms with Gasteiger partial charge in [0, 0.05) is 13.7 Å². The lowest BCUT2D eigenvalue weighted by Crippen LogP contribution is -2.40. The van der Waals surface area contributed by atoms with Crippen LogP contribution in [-0.2, 0) is 19.6 Å². The fourth-order valence-electron chi connectivity index (χ4n) is 1.39. The zero-order valence-corrected chi connectivity index (χ0v) is 10.9. The van der Waals surface area contributed by atoms with Gasteiger partial charge in [-0.1, -0.05) is 18.2 Å². The summed E-state index contributed by atoms with van der Waals surface area (Å²) in [6, 6.07) is 7.89. The number of hydrogen-bond acceptors (Lipinski definition) is 4. The first-order valence-electron chi connectivity index (χ1n) is 5.31. The van der Waals surface area contributed by atoms with Crippen LogP contribution in [0.25, 0.3) is 0 Å². The third-order valence-electron chi connectivity index (χ3n) is 2.26. The molecule has 7 heteroatoms. The summed E-state index contributed by atoms with van der Waals surface area (Å²) in [5.74, 6) is -0.703. The van der Waals surface area contributed by atoms with E-state index in [2.05, 4.69) is 0 Å². The first-order chi connectivity index (χ1) is 8.48. The molecule has 0 aliphatic heterocycles. The van der Waals surface area contributed by atoms with Crippen molar-refractivity contribution in [3.63, 3.8) is 0 Å². The summed E-state index contributed by atoms with van der Waals surface area (Å²) in [6.07, 6.45) is 0. The molecule has 0 unspecified atom stereocenters. The van der Waals surface area contributed by atoms with Crippen molar-refractivity contribution in [2.45, 2.75) is 4.90 Å². The minimum Gasteiger partial charge on any atom is -0.383 e. The Morgan fingerprint density at radius 2 is 1.94 bits per heavy atom. The van der Waals surface area contributed by atoms with E-state index in [0.29, 0.717) is 0 Å². The minimum atomic E-state index is -3.72. The number of carbonyl (C=O) groups is 1. The van der Waals surface area contributed by atoms with Crippen LogP contribution in [-0.4, -0.2) is 45.4 Å². The lowest BCUT2D eigenvalue weighted by molar-refractivity contribution is -0.118. The van der Waals surface area contributed by atoms with Crippen molar-refractivity contribution in [3.8, 4) is 0 Å². The largest absolute Gasteiger partial charge is 0.383 e. The third-order valence-corrected chi connectivity index (χ3v) is 4.12. The zero-order valence-electron chi connectivity index (χ0n) is 10.1. The molecule has 0 aromatic heterocycles. The smallest absolute Gasteiger partial charge is 0.243 e. The summed E-state index contributed by atoms with van der Waals surface area (Å²) in [6.45, 7) is -0.0867. The summed E-state index contributed by atoms with van der Waals surface area (Å²) in [4.78, 5) is 11.1. The van der Waals surface area contributed by atoms with E-state index in [9.17, 15) is 13.2 Å². The van der Waals surface area contributed by atoms with Crippen molar-refractivity contribution < 1.29 is 17.9 Å². The van der Waals surface area contributed by atoms with Gasteiger partial charge in [0.05, 0.1) is 18.0 Å². The number of amides is 1. The number of benzene rings is 1. The molecule has 18 heavy (non-hydrogen) atoms. The number of hydrogen-bond donors (Lipinski definition) is 1. The van der Waals surface area contributed by atoms with Crippen LogP contribution in [0.3, 0.4) is 0 Å². The van der Waals surface area contributed by atoms with E-state index in [1.807, 2.05) is 0 Å². The molecule has 1 aromatic carbocycles. The molecule has 0 aliphatic rings. The molecule has 2 N–H and O–H groups in total. The van der Waals surface area contributed by atoms with Gasteiger partial charge in [-0.3, -0.25) is 4.79 Å². The van der Waals surface area contributed by atoms with Crippen LogP contribution in [0.2, 0.25) is 0 Å². The maximum absolute atomic E-state index is 12.2. The maximum atomic E-state index is 12.2. The van der Waals surface area contributed by atoms with E-state index in [1.165, 1.54) is 19.2 Å². The molecule has 0 saturated heterocycles. The number of primary amides is 1. The third kappa shape index (κ3) is 3.80. The first kappa shape index (κ1) is 14.6. The van der Waals surface area contributed by atoms with Crippen molar-refractivity contribution in [2.24, 2.45) is 5.73 Å². The molecule has 1 amide bonds. The molecule has 1 rings (SSSR count). The number of rotatable bonds is 7. The van der Waals surface area contributed by atoms with Gasteiger partial charge >= 0.3 is 0 Å². The van der Waals surface area contributed by atoms with Crippen LogP contribution in [0.15, 0.2) is 35.2 Å². The fourth-order valence-corrected chi connectivity index (χ4v) is 2.80. The molecule has 0 saturated carbocycles. The van der Waals surface area contributed by atoms with Crippen LogP contribution < -0.4 is 5.73 Å². The molecule has 0 fully saturated rings. The van der Waals surface area contributed by atoms with E-state index in [4.69, 9.17) is 10.5 Å². The molecule has 0 bridgehead atoms. The highest BCUT2D eigenvalue weighted by Gasteiger charge is 2.25. The predicted molar refractivity (Wildman–Crippen MR) is 66.3 cm³/mol. The zero-order chi connectivity index (χ0) is 13.6. The highest BCUT2D eigenvalue weighted by Crippen LogP contribution is 2.14. The summed E-state index contributed by atoms with van der Waals surface area (Å²) < 4.78 is 30.3. The monoisotopic (exact) mass is 272 g/mol. The Morgan fingerprint density at radius 1 is 1.33 bits per heavy atom. The molecule has 0 aliphatic carbocycles. The molecule has 0 radical (unpaired) electrons. The standard InChI is InChI=1S/C11H16N2O4S/c1-17-8-7-13(9-11(12)14)18(15,16)10-5-3-2-4-6-10/h2-6H,7-9H2,1H3,(H2,12,14). The highest BCUT2D eigenvalue weighted by atomic mass is 32.2. The van der Waals surface area contributed by atoms with E-state index < -0.39 is 15.9 Å². The van der Waals surface area contributed by atoms with Crippen molar-refractivity contribution in [1.29, 1.82) is 0 Å². The van der Waals surface area contributed by atoms with Gasteiger partial charge in [-0.2, -0.15) is 4.31 Å². The van der Waals surface area contributed by atoms with Crippen LogP contribution in [0.1, 0.15) is 0 Å². The Hall–Kier alpha value is -1.44. The van der Waals surface area contributed by atoms with Crippen LogP contribution in [0.5, 0.6) is 0 Å². The average Bonchev–Trinajstić information content (AvgIpc) is 2.35. The van der Waals surface area contributed by atoms with Gasteiger partial charge in [0.1, 0.15) is 0 Å². The van der Waals surface area contributed by atoms with Gasteiger partial charge in [0.15, 0.2) is 0 Å². The summed E-state index contributed by atoms with van der Waals surface area (Å²) in [5, 5.41) is 0. The van der Waals surface area contributed by atoms with Crippen molar-refractivity contribution in [2.75, 3.05) is 26.8 Å². The van der Waals surface area contributed by atoms with Gasteiger partial charge in [-0.25, -0.2) is 8.42 Å². The lowest BCUT2D eigenvalue weighted by atomic mass is 10.4. The van der Waals surface area contributed by atoms with Crippen LogP contribution in [0, 0.1) is 0 Å². The van der Waals surface area contributed by atoms with E-state index in [-0.39, 0.29) is 24.6 Å². The molecular formula is C11H16N2O4S. The number of carbonyl (C=O) groups excluding carboxylic acids is 1. The Morgan fingerprint density at radius 3 is 2.44 bits per heavy atom. The van der Waals surface area contributed by atoms with Gasteiger partial charge in [0.25, 0.3) is 0 Å². The molecule has 0 atom stereocenters. The molecule has 0 spiro atoms. The summed E-state index contributed by atoms with van der Waals surface area (Å²) in [7, 11) is -2.26. The van der Waals surface area contributed by atoms with Gasteiger partial charge in [0.2, 0.25) is 15.9 Å². The second kappa shape index (κ2) is 6.48. The van der Waals surface area contributed by atoms with E-state index in [0.717, 1.165) is 4.31 Å². The van der Waals surface area contributed by atoms with Gasteiger partial charge < -0.3 is 10.5 Å². The number of methoxy groups -OCH3 is 1. The molecule has 0 heterocycles. The second-order valence-electron chi connectivity index (χ2n) is 3.61. The van der Waals surface area contributed by atoms with E-state index in [1.54, 1.807) is 18.2 Å². The second-order valence-corrected chi connectivity index (χ2v) is 5.55. The number of sulfonamides is 1. The topological polar surface area (TPSA) is 89.7 Å². The Kier molecular flexibility index (Phi) is 5.26. The van der Waals surface area contributed by atoms with Crippen LogP contribution in [0.4, 0.5) is 0 Å². The summed E-state index contributed by atoms with van der Waals surface area (Å²) in [5.41, 5.74) is 5.05. The number of nitrogens with zero attached hydrogens (tertiary/aromatic N) is 1. The quantitative estimate of drug-likeness (QED) is 0.745. The van der Waals surface area contributed by atoms with E-state index >= 15 is 0 Å². The Labute approximate surface area is 106 Å². The van der Waals surface area contributed by atoms with Crippen molar-refractivity contribution in [3.05, 3.63) is 30.3 Å². The number of ether oxygens (including phenoxy) is 1. The molecule has 100 valence electrons. The minimum absolute atomic E-state index is 0.0800.